The quantitative estimate of drug-likeness (QED) is 0.0772. The van der Waals surface area contributed by atoms with Crippen LogP contribution in [-0.2, 0) is 47.4 Å². The zero-order valence-corrected chi connectivity index (χ0v) is 30.2. The van der Waals surface area contributed by atoms with E-state index in [1.54, 1.807) is 0 Å². The summed E-state index contributed by atoms with van der Waals surface area (Å²) in [5.41, 5.74) is 0. The zero-order chi connectivity index (χ0) is 42.0. The monoisotopic (exact) mass is 839 g/mol. The van der Waals surface area contributed by atoms with E-state index >= 15 is 0 Å². The van der Waals surface area contributed by atoms with Crippen molar-refractivity contribution >= 4 is 5.91 Å². The number of amides is 1. The fourth-order valence-corrected chi connectivity index (χ4v) is 7.10. The molecular formula is C31H53NO25. The molecule has 5 saturated heterocycles. The number of aliphatic hydroxyl groups excluding tert-OH is 15. The molecule has 0 aromatic rings. The average Bonchev–Trinajstić information content (AvgIpc) is 3.46. The van der Waals surface area contributed by atoms with E-state index in [4.69, 9.17) is 42.6 Å². The van der Waals surface area contributed by atoms with E-state index in [0.717, 1.165) is 6.92 Å². The first kappa shape index (κ1) is 46.6. The van der Waals surface area contributed by atoms with Crippen molar-refractivity contribution in [1.29, 1.82) is 0 Å². The Bertz CT molecular complexity index is 1270. The Kier molecular flexibility index (Phi) is 16.3. The molecule has 5 heterocycles. The van der Waals surface area contributed by atoms with Crippen molar-refractivity contribution in [2.45, 2.75) is 154 Å². The van der Waals surface area contributed by atoms with E-state index in [1.807, 2.05) is 0 Å². The van der Waals surface area contributed by atoms with Crippen molar-refractivity contribution < 1.29 is 124 Å². The summed E-state index contributed by atoms with van der Waals surface area (Å²) in [5, 5.41) is 159. The van der Waals surface area contributed by atoms with E-state index < -0.39 is 186 Å². The molecule has 0 aromatic heterocycles. The van der Waals surface area contributed by atoms with Gasteiger partial charge in [0.25, 0.3) is 0 Å². The maximum Gasteiger partial charge on any atom is 0.217 e. The Labute approximate surface area is 322 Å². The van der Waals surface area contributed by atoms with Crippen LogP contribution in [0.4, 0.5) is 0 Å². The van der Waals surface area contributed by atoms with E-state index in [-0.39, 0.29) is 0 Å². The Morgan fingerprint density at radius 2 is 0.877 bits per heavy atom. The number of rotatable bonds is 14. The van der Waals surface area contributed by atoms with Gasteiger partial charge in [0.1, 0.15) is 116 Å². The maximum atomic E-state index is 11.9. The van der Waals surface area contributed by atoms with Crippen LogP contribution in [0.25, 0.3) is 0 Å². The fourth-order valence-electron chi connectivity index (χ4n) is 7.10. The lowest BCUT2D eigenvalue weighted by Crippen LogP contribution is -2.69. The highest BCUT2D eigenvalue weighted by molar-refractivity contribution is 5.73. The van der Waals surface area contributed by atoms with E-state index in [2.05, 4.69) is 5.32 Å². The van der Waals surface area contributed by atoms with Gasteiger partial charge in [0.05, 0.1) is 33.0 Å². The first-order chi connectivity index (χ1) is 27.0. The topological polar surface area (TPSA) is 416 Å². The summed E-state index contributed by atoms with van der Waals surface area (Å²) in [7, 11) is 0. The van der Waals surface area contributed by atoms with Gasteiger partial charge >= 0.3 is 0 Å². The van der Waals surface area contributed by atoms with Gasteiger partial charge in [-0.3, -0.25) is 4.79 Å². The van der Waals surface area contributed by atoms with Crippen LogP contribution in [-0.4, -0.2) is 263 Å². The Morgan fingerprint density at radius 1 is 0.456 bits per heavy atom. The molecule has 0 spiro atoms. The van der Waals surface area contributed by atoms with E-state index in [9.17, 15) is 81.4 Å². The lowest BCUT2D eigenvalue weighted by atomic mass is 9.95. The van der Waals surface area contributed by atoms with Crippen LogP contribution < -0.4 is 5.32 Å². The summed E-state index contributed by atoms with van der Waals surface area (Å²) < 4.78 is 51.2. The second-order valence-corrected chi connectivity index (χ2v) is 14.2. The highest BCUT2D eigenvalue weighted by Gasteiger charge is 2.57. The molecular weight excluding hydrogens is 786 g/mol. The molecule has 26 heteroatoms. The molecule has 5 fully saturated rings. The smallest absolute Gasteiger partial charge is 0.217 e. The van der Waals surface area contributed by atoms with Gasteiger partial charge in [0, 0.05) is 6.92 Å². The molecule has 16 N–H and O–H groups in total. The number of nitrogens with one attached hydrogen (secondary N) is 1. The van der Waals surface area contributed by atoms with Gasteiger partial charge < -0.3 is 125 Å². The van der Waals surface area contributed by atoms with Gasteiger partial charge in [0.15, 0.2) is 31.5 Å². The number of ether oxygens (including phenoxy) is 9. The van der Waals surface area contributed by atoms with Crippen molar-refractivity contribution in [3.05, 3.63) is 0 Å². The number of hydrogen-bond donors (Lipinski definition) is 16. The van der Waals surface area contributed by atoms with E-state index in [1.165, 1.54) is 0 Å². The SMILES string of the molecule is CC(=O)N[C@H]1C(O)O[C@H](CO)[C@@H](O[C@@H]2O[C@H](CO[C@H]3O[C@H](CO)[C@@H](O)[C@H](O)[C@@H]3O)[C@@H](O)[C@H](O[C@H]3O[C@H](CO)[C@@H](O)[C@H](O)[C@@H]3O)[C@@H]2O[C@@H]2O[C@H](CO)[C@H](O)[C@H]2O)[C@@H]1O. The molecule has 5 aliphatic rings. The molecule has 57 heavy (non-hydrogen) atoms. The molecule has 0 aromatic carbocycles. The minimum Gasteiger partial charge on any atom is -0.394 e. The molecule has 0 aliphatic carbocycles. The first-order valence-electron chi connectivity index (χ1n) is 18.0. The lowest BCUT2D eigenvalue weighted by Gasteiger charge is -2.50. The summed E-state index contributed by atoms with van der Waals surface area (Å²) in [6, 6.07) is -1.59. The van der Waals surface area contributed by atoms with Crippen molar-refractivity contribution in [3.63, 3.8) is 0 Å². The molecule has 1 unspecified atom stereocenters. The molecule has 24 atom stereocenters. The molecule has 0 bridgehead atoms. The zero-order valence-electron chi connectivity index (χ0n) is 30.2. The van der Waals surface area contributed by atoms with Crippen molar-refractivity contribution in [2.75, 3.05) is 33.0 Å². The highest BCUT2D eigenvalue weighted by atomic mass is 16.8. The van der Waals surface area contributed by atoms with Gasteiger partial charge in [-0.25, -0.2) is 0 Å². The van der Waals surface area contributed by atoms with Gasteiger partial charge in [-0.1, -0.05) is 0 Å². The van der Waals surface area contributed by atoms with Crippen LogP contribution in [0, 0.1) is 0 Å². The Balaban J connectivity index is 1.52. The van der Waals surface area contributed by atoms with Crippen LogP contribution in [0.3, 0.4) is 0 Å². The second-order valence-electron chi connectivity index (χ2n) is 14.2. The number of aliphatic hydroxyl groups is 15. The fraction of sp³-hybridized carbons (Fsp3) is 0.968. The van der Waals surface area contributed by atoms with Gasteiger partial charge in [-0.15, -0.1) is 0 Å². The minimum absolute atomic E-state index is 0.732. The summed E-state index contributed by atoms with van der Waals surface area (Å²) in [5.74, 6) is -0.732. The molecule has 0 radical (unpaired) electrons. The Morgan fingerprint density at radius 3 is 1.39 bits per heavy atom. The predicted octanol–water partition coefficient (Wildman–Crippen LogP) is -11.1. The minimum atomic E-state index is -2.09. The van der Waals surface area contributed by atoms with Gasteiger partial charge in [-0.05, 0) is 0 Å². The van der Waals surface area contributed by atoms with Crippen molar-refractivity contribution in [2.24, 2.45) is 0 Å². The van der Waals surface area contributed by atoms with Crippen molar-refractivity contribution in [3.8, 4) is 0 Å². The molecule has 0 saturated carbocycles. The lowest BCUT2D eigenvalue weighted by molar-refractivity contribution is -0.395. The standard InChI is InChI=1S/C31H53NO25/c1-7(37)32-13-18(42)24(11(5-36)50-27(13)48)55-31-26(57-29-21(45)16(40)10(4-35)53-29)25(56-30-23(47)20(44)15(39)9(3-34)52-30)17(41)12(54-31)6-49-28-22(46)19(43)14(38)8(2-33)51-28/h8-31,33-36,38-48H,2-6H2,1H3,(H,32,37)/t8-,9-,10-,11-,12-,13-,14-,15-,16+,17-,18-,19+,20+,21-,22+,23+,24-,25+,26+,27?,28+,29+,30-,31+/m1/s1. The maximum absolute atomic E-state index is 11.9. The van der Waals surface area contributed by atoms with Crippen LogP contribution in [0.1, 0.15) is 6.92 Å². The number of carbonyl (C=O) groups excluding carboxylic acids is 1. The molecule has 332 valence electrons. The predicted molar refractivity (Wildman–Crippen MR) is 172 cm³/mol. The van der Waals surface area contributed by atoms with Crippen LogP contribution in [0.15, 0.2) is 0 Å². The first-order valence-corrected chi connectivity index (χ1v) is 18.0. The molecule has 5 aliphatic heterocycles. The summed E-state index contributed by atoms with van der Waals surface area (Å²) in [6.45, 7) is -3.28. The molecule has 5 rings (SSSR count). The summed E-state index contributed by atoms with van der Waals surface area (Å²) in [4.78, 5) is 11.9. The third-order valence-corrected chi connectivity index (χ3v) is 10.4. The van der Waals surface area contributed by atoms with Crippen LogP contribution >= 0.6 is 0 Å². The summed E-state index contributed by atoms with van der Waals surface area (Å²) in [6.07, 6.45) is -42.3. The van der Waals surface area contributed by atoms with Crippen LogP contribution in [0.5, 0.6) is 0 Å². The highest BCUT2D eigenvalue weighted by Crippen LogP contribution is 2.36. The largest absolute Gasteiger partial charge is 0.394 e. The average molecular weight is 840 g/mol. The van der Waals surface area contributed by atoms with Crippen molar-refractivity contribution in [1.82, 2.24) is 5.32 Å². The second kappa shape index (κ2) is 19.9. The number of carbonyl (C=O) groups is 1. The number of hydrogen-bond acceptors (Lipinski definition) is 25. The molecule has 26 nitrogen and oxygen atoms in total. The summed E-state index contributed by atoms with van der Waals surface area (Å²) >= 11 is 0. The van der Waals surface area contributed by atoms with E-state index in [0.29, 0.717) is 0 Å². The van der Waals surface area contributed by atoms with Crippen LogP contribution in [0.2, 0.25) is 0 Å². The van der Waals surface area contributed by atoms with Gasteiger partial charge in [-0.2, -0.15) is 0 Å². The molecule has 1 amide bonds. The Hall–Kier alpha value is -1.49. The van der Waals surface area contributed by atoms with Gasteiger partial charge in [0.2, 0.25) is 5.91 Å². The normalized spacial score (nSPS) is 50.8. The third-order valence-electron chi connectivity index (χ3n) is 10.4. The third kappa shape index (κ3) is 9.85.